The lowest BCUT2D eigenvalue weighted by Crippen LogP contribution is -2.26. The highest BCUT2D eigenvalue weighted by Gasteiger charge is 2.08. The molecule has 0 unspecified atom stereocenters. The van der Waals surface area contributed by atoms with Crippen molar-refractivity contribution in [1.29, 1.82) is 0 Å². The Morgan fingerprint density at radius 2 is 1.57 bits per heavy atom. The molecule has 0 bridgehead atoms. The second-order valence-corrected chi connectivity index (χ2v) is 5.77. The van der Waals surface area contributed by atoms with E-state index in [1.165, 1.54) is 0 Å². The fourth-order valence-electron chi connectivity index (χ4n) is 2.37. The Hall–Kier alpha value is -1.88. The molecule has 5 heteroatoms. The molecule has 0 saturated carbocycles. The molecule has 0 aromatic heterocycles. The van der Waals surface area contributed by atoms with Crippen molar-refractivity contribution in [1.82, 2.24) is 10.2 Å². The summed E-state index contributed by atoms with van der Waals surface area (Å²) in [4.78, 5) is 13.7. The number of aliphatic hydroxyl groups is 1. The van der Waals surface area contributed by atoms with E-state index in [1.54, 1.807) is 7.05 Å². The number of nitrogens with one attached hydrogen (secondary N) is 1. The molecular weight excluding hydrogens is 312 g/mol. The second kappa shape index (κ2) is 8.67. The van der Waals surface area contributed by atoms with Gasteiger partial charge in [-0.05, 0) is 35.4 Å². The Kier molecular flexibility index (Phi) is 6.59. The molecule has 0 spiro atoms. The molecular formula is C18H21ClN2O2. The number of benzene rings is 2. The number of aliphatic hydroxyl groups excluding tert-OH is 1. The lowest BCUT2D eigenvalue weighted by atomic mass is 10.1. The van der Waals surface area contributed by atoms with Crippen molar-refractivity contribution in [3.63, 3.8) is 0 Å². The van der Waals surface area contributed by atoms with E-state index in [-0.39, 0.29) is 12.5 Å². The predicted octanol–water partition coefficient (Wildman–Crippen LogP) is 2.69. The van der Waals surface area contributed by atoms with Crippen molar-refractivity contribution >= 4 is 17.5 Å². The summed E-state index contributed by atoms with van der Waals surface area (Å²) in [5.41, 5.74) is 2.88. The maximum absolute atomic E-state index is 11.6. The van der Waals surface area contributed by atoms with E-state index in [1.807, 2.05) is 48.5 Å². The summed E-state index contributed by atoms with van der Waals surface area (Å²) < 4.78 is 0. The smallest absolute Gasteiger partial charge is 0.251 e. The molecule has 0 aliphatic heterocycles. The van der Waals surface area contributed by atoms with Gasteiger partial charge in [-0.25, -0.2) is 0 Å². The third-order valence-corrected chi connectivity index (χ3v) is 3.84. The van der Waals surface area contributed by atoms with Gasteiger partial charge in [-0.3, -0.25) is 9.69 Å². The number of carbonyl (C=O) groups is 1. The summed E-state index contributed by atoms with van der Waals surface area (Å²) in [6.45, 7) is 2.12. The van der Waals surface area contributed by atoms with Gasteiger partial charge in [0, 0.05) is 37.3 Å². The highest BCUT2D eigenvalue weighted by atomic mass is 35.5. The first-order valence-corrected chi connectivity index (χ1v) is 7.89. The maximum Gasteiger partial charge on any atom is 0.251 e. The van der Waals surface area contributed by atoms with Crippen LogP contribution in [0.2, 0.25) is 5.02 Å². The quantitative estimate of drug-likeness (QED) is 0.819. The molecule has 122 valence electrons. The molecule has 4 nitrogen and oxygen atoms in total. The summed E-state index contributed by atoms with van der Waals surface area (Å²) in [5.74, 6) is -0.0927. The van der Waals surface area contributed by atoms with Crippen LogP contribution in [0.4, 0.5) is 0 Å². The van der Waals surface area contributed by atoms with Gasteiger partial charge in [-0.1, -0.05) is 35.9 Å². The van der Waals surface area contributed by atoms with Gasteiger partial charge in [-0.2, -0.15) is 0 Å². The zero-order valence-corrected chi connectivity index (χ0v) is 13.9. The van der Waals surface area contributed by atoms with Crippen LogP contribution in [0.25, 0.3) is 0 Å². The Bertz CT molecular complexity index is 626. The number of hydrogen-bond acceptors (Lipinski definition) is 3. The molecule has 2 N–H and O–H groups in total. The highest BCUT2D eigenvalue weighted by Crippen LogP contribution is 2.14. The van der Waals surface area contributed by atoms with Crippen LogP contribution in [0.15, 0.2) is 48.5 Å². The minimum absolute atomic E-state index is 0.0927. The van der Waals surface area contributed by atoms with E-state index in [0.717, 1.165) is 17.7 Å². The van der Waals surface area contributed by atoms with Gasteiger partial charge in [-0.15, -0.1) is 0 Å². The van der Waals surface area contributed by atoms with E-state index >= 15 is 0 Å². The average molecular weight is 333 g/mol. The number of nitrogens with zero attached hydrogens (tertiary/aromatic N) is 1. The normalized spacial score (nSPS) is 10.8. The van der Waals surface area contributed by atoms with Crippen molar-refractivity contribution < 1.29 is 9.90 Å². The van der Waals surface area contributed by atoms with E-state index in [2.05, 4.69) is 10.2 Å². The third-order valence-electron chi connectivity index (χ3n) is 3.59. The molecule has 0 fully saturated rings. The number of rotatable bonds is 7. The van der Waals surface area contributed by atoms with Crippen LogP contribution in [-0.4, -0.2) is 36.1 Å². The van der Waals surface area contributed by atoms with E-state index in [0.29, 0.717) is 23.7 Å². The monoisotopic (exact) mass is 332 g/mol. The van der Waals surface area contributed by atoms with Gasteiger partial charge >= 0.3 is 0 Å². The zero-order valence-electron chi connectivity index (χ0n) is 13.1. The molecule has 0 atom stereocenters. The fourth-order valence-corrected chi connectivity index (χ4v) is 2.49. The highest BCUT2D eigenvalue weighted by molar-refractivity contribution is 6.30. The summed E-state index contributed by atoms with van der Waals surface area (Å²) in [7, 11) is 1.62. The molecule has 0 radical (unpaired) electrons. The maximum atomic E-state index is 11.6. The first-order chi connectivity index (χ1) is 11.1. The predicted molar refractivity (Wildman–Crippen MR) is 92.5 cm³/mol. The topological polar surface area (TPSA) is 52.6 Å². The molecule has 0 aliphatic rings. The van der Waals surface area contributed by atoms with Gasteiger partial charge in [0.05, 0.1) is 6.61 Å². The standard InChI is InChI=1S/C18H21ClN2O2/c1-20-18(23)16-6-2-14(3-7-16)12-21(10-11-22)13-15-4-8-17(19)9-5-15/h2-9,22H,10-13H2,1H3,(H,20,23). The van der Waals surface area contributed by atoms with Crippen LogP contribution < -0.4 is 5.32 Å². The van der Waals surface area contributed by atoms with E-state index in [9.17, 15) is 9.90 Å². The lowest BCUT2D eigenvalue weighted by Gasteiger charge is -2.21. The van der Waals surface area contributed by atoms with Crippen molar-refractivity contribution in [2.24, 2.45) is 0 Å². The largest absolute Gasteiger partial charge is 0.395 e. The van der Waals surface area contributed by atoms with Crippen LogP contribution in [0.3, 0.4) is 0 Å². The summed E-state index contributed by atoms with van der Waals surface area (Å²) in [5, 5.41) is 12.6. The Morgan fingerprint density at radius 1 is 1.04 bits per heavy atom. The molecule has 2 aromatic carbocycles. The Morgan fingerprint density at radius 3 is 2.04 bits per heavy atom. The van der Waals surface area contributed by atoms with Gasteiger partial charge in [0.25, 0.3) is 5.91 Å². The minimum atomic E-state index is -0.0927. The van der Waals surface area contributed by atoms with Crippen molar-refractivity contribution in [2.75, 3.05) is 20.2 Å². The summed E-state index contributed by atoms with van der Waals surface area (Å²) >= 11 is 5.91. The molecule has 0 saturated heterocycles. The van der Waals surface area contributed by atoms with Gasteiger partial charge in [0.1, 0.15) is 0 Å². The number of carbonyl (C=O) groups excluding carboxylic acids is 1. The van der Waals surface area contributed by atoms with Crippen LogP contribution in [-0.2, 0) is 13.1 Å². The van der Waals surface area contributed by atoms with Crippen LogP contribution in [0, 0.1) is 0 Å². The molecule has 23 heavy (non-hydrogen) atoms. The zero-order chi connectivity index (χ0) is 16.7. The van der Waals surface area contributed by atoms with Crippen LogP contribution >= 0.6 is 11.6 Å². The Labute approximate surface area is 141 Å². The third kappa shape index (κ3) is 5.36. The van der Waals surface area contributed by atoms with Gasteiger partial charge in [0.15, 0.2) is 0 Å². The van der Waals surface area contributed by atoms with Crippen molar-refractivity contribution in [2.45, 2.75) is 13.1 Å². The minimum Gasteiger partial charge on any atom is -0.395 e. The number of amides is 1. The molecule has 1 amide bonds. The van der Waals surface area contributed by atoms with Crippen molar-refractivity contribution in [3.8, 4) is 0 Å². The van der Waals surface area contributed by atoms with Crippen molar-refractivity contribution in [3.05, 3.63) is 70.2 Å². The first kappa shape index (κ1) is 17.5. The molecule has 0 aliphatic carbocycles. The lowest BCUT2D eigenvalue weighted by molar-refractivity contribution is 0.0963. The first-order valence-electron chi connectivity index (χ1n) is 7.51. The summed E-state index contributed by atoms with van der Waals surface area (Å²) in [6.07, 6.45) is 0. The average Bonchev–Trinajstić information content (AvgIpc) is 2.57. The Balaban J connectivity index is 2.03. The fraction of sp³-hybridized carbons (Fsp3) is 0.278. The molecule has 2 aromatic rings. The van der Waals surface area contributed by atoms with Gasteiger partial charge < -0.3 is 10.4 Å². The second-order valence-electron chi connectivity index (χ2n) is 5.34. The van der Waals surface area contributed by atoms with Crippen LogP contribution in [0.1, 0.15) is 21.5 Å². The van der Waals surface area contributed by atoms with Crippen LogP contribution in [0.5, 0.6) is 0 Å². The number of halogens is 1. The SMILES string of the molecule is CNC(=O)c1ccc(CN(CCO)Cc2ccc(Cl)cc2)cc1. The molecule has 2 rings (SSSR count). The number of hydrogen-bond donors (Lipinski definition) is 2. The van der Waals surface area contributed by atoms with E-state index < -0.39 is 0 Å². The summed E-state index contributed by atoms with van der Waals surface area (Å²) in [6, 6.07) is 15.2. The molecule has 0 heterocycles. The van der Waals surface area contributed by atoms with E-state index in [4.69, 9.17) is 11.6 Å². The van der Waals surface area contributed by atoms with Gasteiger partial charge in [0.2, 0.25) is 0 Å².